The average Bonchev–Trinajstić information content (AvgIpc) is 2.91. The molecule has 0 aliphatic carbocycles. The number of carbonyl (C=O) groups excluding carboxylic acids is 1. The van der Waals surface area contributed by atoms with E-state index in [2.05, 4.69) is 8.75 Å². The predicted octanol–water partition coefficient (Wildman–Crippen LogP) is 1.79. The number of methoxy groups -OCH3 is 2. The molecule has 1 aromatic heterocycles. The van der Waals surface area contributed by atoms with Crippen molar-refractivity contribution in [3.63, 3.8) is 0 Å². The summed E-state index contributed by atoms with van der Waals surface area (Å²) in [6.07, 6.45) is 1.44. The molecule has 0 spiro atoms. The maximum atomic E-state index is 12.1. The largest absolute Gasteiger partial charge is 0.497 e. The van der Waals surface area contributed by atoms with E-state index in [1.165, 1.54) is 13.3 Å². The molecule has 6 heteroatoms. The molecule has 0 aliphatic heterocycles. The van der Waals surface area contributed by atoms with E-state index >= 15 is 0 Å². The van der Waals surface area contributed by atoms with E-state index in [-0.39, 0.29) is 5.78 Å². The summed E-state index contributed by atoms with van der Waals surface area (Å²) in [4.78, 5) is 12.1. The lowest BCUT2D eigenvalue weighted by atomic mass is 10.1. The summed E-state index contributed by atoms with van der Waals surface area (Å²) in [5.41, 5.74) is 0.763. The fourth-order valence-corrected chi connectivity index (χ4v) is 1.80. The molecule has 1 heterocycles. The van der Waals surface area contributed by atoms with Crippen LogP contribution in [0.3, 0.4) is 0 Å². The highest BCUT2D eigenvalue weighted by molar-refractivity contribution is 6.99. The van der Waals surface area contributed by atoms with Crippen molar-refractivity contribution in [1.29, 1.82) is 0 Å². The molecule has 0 unspecified atom stereocenters. The van der Waals surface area contributed by atoms with E-state index in [9.17, 15) is 4.79 Å². The van der Waals surface area contributed by atoms with Gasteiger partial charge in [-0.2, -0.15) is 8.75 Å². The number of hydrogen-bond acceptors (Lipinski definition) is 6. The van der Waals surface area contributed by atoms with Gasteiger partial charge in [0.1, 0.15) is 17.2 Å². The molecule has 0 saturated carbocycles. The van der Waals surface area contributed by atoms with Crippen molar-refractivity contribution in [2.24, 2.45) is 0 Å². The van der Waals surface area contributed by atoms with Gasteiger partial charge >= 0.3 is 0 Å². The van der Waals surface area contributed by atoms with Crippen molar-refractivity contribution in [3.05, 3.63) is 35.7 Å². The standard InChI is InChI=1S/C11H10N2O3S/c1-15-7-3-4-8(10(5-7)16-2)11(14)9-6-12-17-13-9/h3-6H,1-2H3. The van der Waals surface area contributed by atoms with Gasteiger partial charge in [0.05, 0.1) is 37.7 Å². The molecule has 17 heavy (non-hydrogen) atoms. The Hall–Kier alpha value is -1.95. The topological polar surface area (TPSA) is 61.3 Å². The smallest absolute Gasteiger partial charge is 0.217 e. The molecule has 2 aromatic rings. The third-order valence-electron chi connectivity index (χ3n) is 2.25. The van der Waals surface area contributed by atoms with Gasteiger partial charge in [0.25, 0.3) is 0 Å². The number of aromatic nitrogens is 2. The van der Waals surface area contributed by atoms with Crippen LogP contribution in [0, 0.1) is 0 Å². The second-order valence-electron chi connectivity index (χ2n) is 3.19. The maximum absolute atomic E-state index is 12.1. The SMILES string of the molecule is COc1ccc(C(=O)c2cnsn2)c(OC)c1. The molecule has 88 valence electrons. The molecule has 0 saturated heterocycles. The Morgan fingerprint density at radius 2 is 2.12 bits per heavy atom. The van der Waals surface area contributed by atoms with Crippen LogP contribution in [0.1, 0.15) is 16.1 Å². The molecule has 0 amide bonds. The maximum Gasteiger partial charge on any atom is 0.217 e. The summed E-state index contributed by atoms with van der Waals surface area (Å²) >= 11 is 0.997. The summed E-state index contributed by atoms with van der Waals surface area (Å²) < 4.78 is 17.9. The molecule has 0 radical (unpaired) electrons. The average molecular weight is 250 g/mol. The van der Waals surface area contributed by atoms with Crippen LogP contribution in [0.4, 0.5) is 0 Å². The molecule has 0 bridgehead atoms. The minimum atomic E-state index is -0.210. The van der Waals surface area contributed by atoms with E-state index in [1.54, 1.807) is 25.3 Å². The molecular formula is C11H10N2O3S. The number of benzene rings is 1. The van der Waals surface area contributed by atoms with Gasteiger partial charge in [-0.1, -0.05) is 0 Å². The fraction of sp³-hybridized carbons (Fsp3) is 0.182. The number of rotatable bonds is 4. The predicted molar refractivity (Wildman–Crippen MR) is 62.9 cm³/mol. The molecular weight excluding hydrogens is 240 g/mol. The molecule has 0 atom stereocenters. The Morgan fingerprint density at radius 1 is 1.29 bits per heavy atom. The van der Waals surface area contributed by atoms with Crippen LogP contribution in [0.2, 0.25) is 0 Å². The first-order chi connectivity index (χ1) is 8.26. The van der Waals surface area contributed by atoms with Crippen molar-refractivity contribution in [2.45, 2.75) is 0 Å². The second-order valence-corrected chi connectivity index (χ2v) is 3.74. The van der Waals surface area contributed by atoms with Gasteiger partial charge < -0.3 is 9.47 Å². The number of carbonyl (C=O) groups is 1. The van der Waals surface area contributed by atoms with Gasteiger partial charge in [-0.05, 0) is 12.1 Å². The van der Waals surface area contributed by atoms with Crippen molar-refractivity contribution < 1.29 is 14.3 Å². The van der Waals surface area contributed by atoms with E-state index < -0.39 is 0 Å². The zero-order chi connectivity index (χ0) is 12.3. The monoisotopic (exact) mass is 250 g/mol. The van der Waals surface area contributed by atoms with Crippen LogP contribution >= 0.6 is 11.7 Å². The third kappa shape index (κ3) is 2.26. The summed E-state index contributed by atoms with van der Waals surface area (Å²) in [6.45, 7) is 0. The van der Waals surface area contributed by atoms with E-state index in [0.717, 1.165) is 11.7 Å². The number of ketones is 1. The summed E-state index contributed by atoms with van der Waals surface area (Å²) in [5.74, 6) is 0.885. The quantitative estimate of drug-likeness (QED) is 0.774. The lowest BCUT2D eigenvalue weighted by Crippen LogP contribution is -2.04. The van der Waals surface area contributed by atoms with Crippen LogP contribution in [0.5, 0.6) is 11.5 Å². The molecule has 1 aromatic carbocycles. The lowest BCUT2D eigenvalue weighted by molar-refractivity contribution is 0.103. The number of hydrogen-bond donors (Lipinski definition) is 0. The normalized spacial score (nSPS) is 10.0. The van der Waals surface area contributed by atoms with Crippen molar-refractivity contribution in [3.8, 4) is 11.5 Å². The van der Waals surface area contributed by atoms with Crippen LogP contribution in [0.15, 0.2) is 24.4 Å². The Morgan fingerprint density at radius 3 is 2.71 bits per heavy atom. The number of nitrogens with zero attached hydrogens (tertiary/aromatic N) is 2. The van der Waals surface area contributed by atoms with Gasteiger partial charge in [-0.3, -0.25) is 4.79 Å². The minimum Gasteiger partial charge on any atom is -0.497 e. The van der Waals surface area contributed by atoms with Gasteiger partial charge in [-0.25, -0.2) is 0 Å². The molecule has 5 nitrogen and oxygen atoms in total. The second kappa shape index (κ2) is 4.92. The first-order valence-electron chi connectivity index (χ1n) is 4.80. The zero-order valence-electron chi connectivity index (χ0n) is 9.34. The highest BCUT2D eigenvalue weighted by Gasteiger charge is 2.17. The zero-order valence-corrected chi connectivity index (χ0v) is 10.2. The Kier molecular flexibility index (Phi) is 3.34. The summed E-state index contributed by atoms with van der Waals surface area (Å²) in [6, 6.07) is 5.02. The minimum absolute atomic E-state index is 0.210. The molecule has 0 aliphatic rings. The van der Waals surface area contributed by atoms with Crippen LogP contribution in [-0.4, -0.2) is 28.7 Å². The lowest BCUT2D eigenvalue weighted by Gasteiger charge is -2.08. The summed E-state index contributed by atoms with van der Waals surface area (Å²) in [7, 11) is 3.06. The molecule has 0 fully saturated rings. The first kappa shape index (κ1) is 11.5. The van der Waals surface area contributed by atoms with Gasteiger partial charge in [0.2, 0.25) is 5.78 Å². The highest BCUT2D eigenvalue weighted by atomic mass is 32.1. The summed E-state index contributed by atoms with van der Waals surface area (Å²) in [5, 5.41) is 0. The van der Waals surface area contributed by atoms with E-state index in [0.29, 0.717) is 22.8 Å². The highest BCUT2D eigenvalue weighted by Crippen LogP contribution is 2.26. The van der Waals surface area contributed by atoms with E-state index in [4.69, 9.17) is 9.47 Å². The van der Waals surface area contributed by atoms with Crippen molar-refractivity contribution >= 4 is 17.5 Å². The van der Waals surface area contributed by atoms with Crippen molar-refractivity contribution in [2.75, 3.05) is 14.2 Å². The molecule has 0 N–H and O–H groups in total. The number of ether oxygens (including phenoxy) is 2. The van der Waals surface area contributed by atoms with Crippen molar-refractivity contribution in [1.82, 2.24) is 8.75 Å². The Balaban J connectivity index is 2.41. The Bertz CT molecular complexity index is 526. The van der Waals surface area contributed by atoms with Crippen LogP contribution < -0.4 is 9.47 Å². The van der Waals surface area contributed by atoms with Gasteiger partial charge in [0.15, 0.2) is 0 Å². The van der Waals surface area contributed by atoms with E-state index in [1.807, 2.05) is 0 Å². The van der Waals surface area contributed by atoms with Crippen LogP contribution in [-0.2, 0) is 0 Å². The van der Waals surface area contributed by atoms with Crippen LogP contribution in [0.25, 0.3) is 0 Å². The molecule has 2 rings (SSSR count). The van der Waals surface area contributed by atoms with Gasteiger partial charge in [-0.15, -0.1) is 0 Å². The third-order valence-corrected chi connectivity index (χ3v) is 2.73. The fourth-order valence-electron chi connectivity index (χ4n) is 1.39. The first-order valence-corrected chi connectivity index (χ1v) is 5.53. The Labute approximate surface area is 102 Å². The van der Waals surface area contributed by atoms with Gasteiger partial charge in [0, 0.05) is 6.07 Å².